The first-order valence-corrected chi connectivity index (χ1v) is 3.57. The van der Waals surface area contributed by atoms with E-state index in [1.54, 1.807) is 0 Å². The van der Waals surface area contributed by atoms with Crippen molar-refractivity contribution < 1.29 is 10.4 Å². The molecule has 0 bridgehead atoms. The molecule has 0 aromatic heterocycles. The van der Waals surface area contributed by atoms with E-state index in [1.807, 2.05) is 30.3 Å². The Morgan fingerprint density at radius 1 is 1.36 bits per heavy atom. The molecule has 0 fully saturated rings. The number of rotatable bonds is 3. The minimum absolute atomic E-state index is 0.0452. The molecule has 1 aromatic carbocycles. The van der Waals surface area contributed by atoms with Crippen LogP contribution in [0.15, 0.2) is 30.3 Å². The Morgan fingerprint density at radius 3 is 2.45 bits per heavy atom. The SMILES string of the molecule is [CH2-][NH+][C@@H](CO)c1ccccc1. The van der Waals surface area contributed by atoms with Gasteiger partial charge in [0.15, 0.2) is 6.04 Å². The van der Waals surface area contributed by atoms with Crippen LogP contribution in [0.2, 0.25) is 0 Å². The molecule has 1 rings (SSSR count). The van der Waals surface area contributed by atoms with Gasteiger partial charge in [0.2, 0.25) is 0 Å². The largest absolute Gasteiger partial charge is 0.390 e. The van der Waals surface area contributed by atoms with Crippen LogP contribution in [-0.4, -0.2) is 11.7 Å². The second-order valence-corrected chi connectivity index (χ2v) is 2.35. The van der Waals surface area contributed by atoms with Crippen molar-refractivity contribution in [3.63, 3.8) is 0 Å². The highest BCUT2D eigenvalue weighted by atomic mass is 16.3. The van der Waals surface area contributed by atoms with E-state index < -0.39 is 0 Å². The molecular weight excluding hydrogens is 138 g/mol. The number of benzene rings is 1. The molecule has 1 aromatic rings. The summed E-state index contributed by atoms with van der Waals surface area (Å²) in [5.41, 5.74) is 1.06. The third kappa shape index (κ3) is 2.03. The summed E-state index contributed by atoms with van der Waals surface area (Å²) in [6.07, 6.45) is 0. The molecule has 0 amide bonds. The zero-order valence-electron chi connectivity index (χ0n) is 6.33. The summed E-state index contributed by atoms with van der Waals surface area (Å²) in [6, 6.07) is 9.69. The van der Waals surface area contributed by atoms with Gasteiger partial charge in [0.05, 0.1) is 0 Å². The van der Waals surface area contributed by atoms with E-state index in [1.165, 1.54) is 0 Å². The van der Waals surface area contributed by atoms with E-state index in [0.29, 0.717) is 0 Å². The molecule has 0 saturated heterocycles. The summed E-state index contributed by atoms with van der Waals surface area (Å²) in [4.78, 5) is 0. The Morgan fingerprint density at radius 2 is 2.00 bits per heavy atom. The average Bonchev–Trinajstić information content (AvgIpc) is 2.09. The lowest BCUT2D eigenvalue weighted by molar-refractivity contribution is -0.643. The van der Waals surface area contributed by atoms with Gasteiger partial charge in [0, 0.05) is 5.56 Å². The summed E-state index contributed by atoms with van der Waals surface area (Å²) in [7, 11) is 3.52. The van der Waals surface area contributed by atoms with Crippen molar-refractivity contribution >= 4 is 0 Å². The van der Waals surface area contributed by atoms with E-state index >= 15 is 0 Å². The molecule has 2 N–H and O–H groups in total. The van der Waals surface area contributed by atoms with Crippen molar-refractivity contribution in [1.29, 1.82) is 0 Å². The molecule has 11 heavy (non-hydrogen) atoms. The van der Waals surface area contributed by atoms with E-state index in [0.717, 1.165) is 5.56 Å². The predicted molar refractivity (Wildman–Crippen MR) is 42.6 cm³/mol. The van der Waals surface area contributed by atoms with Crippen LogP contribution in [-0.2, 0) is 0 Å². The van der Waals surface area contributed by atoms with E-state index in [4.69, 9.17) is 5.11 Å². The summed E-state index contributed by atoms with van der Waals surface area (Å²) in [6.45, 7) is 0.0769. The van der Waals surface area contributed by atoms with Gasteiger partial charge < -0.3 is 10.4 Å². The molecule has 1 radical (unpaired) electrons. The smallest absolute Gasteiger partial charge is 0.152 e. The van der Waals surface area contributed by atoms with Gasteiger partial charge in [-0.25, -0.2) is 0 Å². The lowest BCUT2D eigenvalue weighted by atomic mass is 10.1. The van der Waals surface area contributed by atoms with Crippen molar-refractivity contribution in [2.24, 2.45) is 0 Å². The molecular formula is C9H12NO. The van der Waals surface area contributed by atoms with Crippen LogP contribution in [0.4, 0.5) is 0 Å². The van der Waals surface area contributed by atoms with Gasteiger partial charge in [-0.3, -0.25) is 0 Å². The number of hydrogen-bond donors (Lipinski definition) is 2. The maximum absolute atomic E-state index is 8.88. The zero-order chi connectivity index (χ0) is 8.10. The standard InChI is InChI=1S/C9H12NO/c1-10-9(7-11)8-5-3-2-4-6-8/h2-6,9-11H,1,7H2/t9-/m0/s1. The molecule has 0 heterocycles. The molecule has 0 unspecified atom stereocenters. The third-order valence-corrected chi connectivity index (χ3v) is 1.63. The van der Waals surface area contributed by atoms with Gasteiger partial charge in [0.1, 0.15) is 6.61 Å². The lowest BCUT2D eigenvalue weighted by Crippen LogP contribution is -2.79. The second-order valence-electron chi connectivity index (χ2n) is 2.35. The Bertz CT molecular complexity index is 194. The molecule has 2 heteroatoms. The summed E-state index contributed by atoms with van der Waals surface area (Å²) < 4.78 is 0. The molecule has 0 aliphatic heterocycles. The van der Waals surface area contributed by atoms with Crippen molar-refractivity contribution in [1.82, 2.24) is 0 Å². The first-order valence-electron chi connectivity index (χ1n) is 3.57. The van der Waals surface area contributed by atoms with E-state index in [-0.39, 0.29) is 12.6 Å². The maximum atomic E-state index is 8.88. The van der Waals surface area contributed by atoms with Crippen molar-refractivity contribution in [3.05, 3.63) is 42.9 Å². The summed E-state index contributed by atoms with van der Waals surface area (Å²) in [5.74, 6) is 0. The Balaban J connectivity index is 2.74. The topological polar surface area (TPSA) is 35.8 Å². The first kappa shape index (κ1) is 8.24. The first-order chi connectivity index (χ1) is 5.38. The third-order valence-electron chi connectivity index (χ3n) is 1.63. The van der Waals surface area contributed by atoms with Crippen LogP contribution in [0.5, 0.6) is 0 Å². The fraction of sp³-hybridized carbons (Fsp3) is 0.222. The monoisotopic (exact) mass is 150 g/mol. The van der Waals surface area contributed by atoms with Crippen molar-refractivity contribution in [2.45, 2.75) is 6.04 Å². The van der Waals surface area contributed by atoms with Gasteiger partial charge in [0.25, 0.3) is 0 Å². The molecule has 1 atom stereocenters. The molecule has 0 aliphatic rings. The van der Waals surface area contributed by atoms with Crippen molar-refractivity contribution in [2.75, 3.05) is 6.61 Å². The minimum atomic E-state index is -0.0452. The second kappa shape index (κ2) is 4.11. The van der Waals surface area contributed by atoms with Crippen molar-refractivity contribution in [3.8, 4) is 0 Å². The highest BCUT2D eigenvalue weighted by molar-refractivity contribution is 5.16. The normalized spacial score (nSPS) is 12.9. The number of hydrogen-bond acceptors (Lipinski definition) is 2. The quantitative estimate of drug-likeness (QED) is 0.578. The van der Waals surface area contributed by atoms with Crippen LogP contribution in [0.25, 0.3) is 0 Å². The molecule has 0 saturated carbocycles. The van der Waals surface area contributed by atoms with Crippen LogP contribution in [0.1, 0.15) is 11.6 Å². The van der Waals surface area contributed by atoms with Crippen LogP contribution >= 0.6 is 0 Å². The van der Waals surface area contributed by atoms with Gasteiger partial charge in [-0.15, -0.1) is 7.05 Å². The number of aliphatic hydroxyl groups excluding tert-OH is 1. The molecule has 0 spiro atoms. The summed E-state index contributed by atoms with van der Waals surface area (Å²) in [5, 5.41) is 11.6. The van der Waals surface area contributed by atoms with Crippen LogP contribution in [0, 0.1) is 7.05 Å². The Labute approximate surface area is 66.9 Å². The predicted octanol–water partition coefficient (Wildman–Crippen LogP) is -0.139. The van der Waals surface area contributed by atoms with Gasteiger partial charge in [-0.1, -0.05) is 30.3 Å². The average molecular weight is 150 g/mol. The lowest BCUT2D eigenvalue weighted by Gasteiger charge is -2.08. The minimum Gasteiger partial charge on any atom is -0.390 e. The fourth-order valence-corrected chi connectivity index (χ4v) is 0.973. The fourth-order valence-electron chi connectivity index (χ4n) is 0.973. The van der Waals surface area contributed by atoms with E-state index in [2.05, 4.69) is 12.4 Å². The molecule has 59 valence electrons. The molecule has 2 nitrogen and oxygen atoms in total. The van der Waals surface area contributed by atoms with Gasteiger partial charge >= 0.3 is 0 Å². The van der Waals surface area contributed by atoms with Gasteiger partial charge in [-0.2, -0.15) is 0 Å². The Hall–Kier alpha value is -0.860. The number of aliphatic hydroxyl groups is 1. The highest BCUT2D eigenvalue weighted by Gasteiger charge is 2.09. The van der Waals surface area contributed by atoms with Gasteiger partial charge in [-0.05, 0) is 0 Å². The van der Waals surface area contributed by atoms with Crippen LogP contribution in [0.3, 0.4) is 0 Å². The molecule has 0 aliphatic carbocycles. The maximum Gasteiger partial charge on any atom is 0.152 e. The van der Waals surface area contributed by atoms with E-state index in [9.17, 15) is 0 Å². The number of nitrogens with one attached hydrogen (secondary N) is 1. The summed E-state index contributed by atoms with van der Waals surface area (Å²) >= 11 is 0. The van der Waals surface area contributed by atoms with Crippen LogP contribution < -0.4 is 5.32 Å². The highest BCUT2D eigenvalue weighted by Crippen LogP contribution is 2.06. The zero-order valence-corrected chi connectivity index (χ0v) is 6.33. The Kier molecular flexibility index (Phi) is 3.08.